The fraction of sp³-hybridized carbons (Fsp3) is 0.208. The van der Waals surface area contributed by atoms with Gasteiger partial charge in [-0.25, -0.2) is 13.2 Å². The predicted octanol–water partition coefficient (Wildman–Crippen LogP) is 6.61. The monoisotopic (exact) mass is 488 g/mol. The third-order valence-electron chi connectivity index (χ3n) is 5.33. The van der Waals surface area contributed by atoms with Crippen LogP contribution in [0.1, 0.15) is 24.4 Å². The minimum absolute atomic E-state index is 0.0162. The molecule has 0 aliphatic rings. The molecule has 0 amide bonds. The SMILES string of the molecule is Cc1nc2cc(F)c(-c3ccc(P(C)C)nc3)c(F)c2c(NC(C)c2ncccc2F)c1Cl. The van der Waals surface area contributed by atoms with Crippen LogP contribution < -0.4 is 10.8 Å². The lowest BCUT2D eigenvalue weighted by Gasteiger charge is -2.20. The Morgan fingerprint density at radius 1 is 1.06 bits per heavy atom. The highest BCUT2D eigenvalue weighted by Gasteiger charge is 2.24. The number of hydrogen-bond donors (Lipinski definition) is 1. The van der Waals surface area contributed by atoms with E-state index in [0.717, 1.165) is 5.44 Å². The van der Waals surface area contributed by atoms with Gasteiger partial charge in [0.2, 0.25) is 0 Å². The van der Waals surface area contributed by atoms with Gasteiger partial charge in [-0.1, -0.05) is 25.6 Å². The second kappa shape index (κ2) is 9.24. The number of nitrogens with one attached hydrogen (secondary N) is 1. The number of halogens is 4. The summed E-state index contributed by atoms with van der Waals surface area (Å²) in [5.41, 5.74) is 1.79. The van der Waals surface area contributed by atoms with Gasteiger partial charge < -0.3 is 5.32 Å². The van der Waals surface area contributed by atoms with E-state index in [4.69, 9.17) is 11.6 Å². The van der Waals surface area contributed by atoms with Crippen molar-refractivity contribution in [1.29, 1.82) is 0 Å². The fourth-order valence-corrected chi connectivity index (χ4v) is 4.51. The highest BCUT2D eigenvalue weighted by atomic mass is 35.5. The smallest absolute Gasteiger partial charge is 0.146 e. The number of nitrogens with zero attached hydrogens (tertiary/aromatic N) is 3. The summed E-state index contributed by atoms with van der Waals surface area (Å²) >= 11 is 6.50. The van der Waals surface area contributed by atoms with E-state index in [2.05, 4.69) is 20.3 Å². The Kier molecular flexibility index (Phi) is 6.55. The van der Waals surface area contributed by atoms with Gasteiger partial charge in [0.25, 0.3) is 0 Å². The Bertz CT molecular complexity index is 1350. The van der Waals surface area contributed by atoms with Crippen molar-refractivity contribution in [2.75, 3.05) is 18.6 Å². The molecule has 4 nitrogen and oxygen atoms in total. The van der Waals surface area contributed by atoms with E-state index in [9.17, 15) is 4.39 Å². The van der Waals surface area contributed by atoms with Crippen LogP contribution in [0.25, 0.3) is 22.0 Å². The first kappa shape index (κ1) is 23.4. The van der Waals surface area contributed by atoms with Crippen molar-refractivity contribution in [1.82, 2.24) is 15.0 Å². The number of anilines is 1. The van der Waals surface area contributed by atoms with Crippen molar-refractivity contribution in [2.45, 2.75) is 19.9 Å². The molecule has 0 bridgehead atoms. The topological polar surface area (TPSA) is 50.7 Å². The lowest BCUT2D eigenvalue weighted by Crippen LogP contribution is -2.12. The molecule has 0 aliphatic carbocycles. The lowest BCUT2D eigenvalue weighted by molar-refractivity contribution is 0.587. The van der Waals surface area contributed by atoms with Gasteiger partial charge in [0, 0.05) is 24.0 Å². The van der Waals surface area contributed by atoms with Crippen LogP contribution in [-0.2, 0) is 0 Å². The second-order valence-electron chi connectivity index (χ2n) is 7.86. The maximum absolute atomic E-state index is 15.9. The Hall–Kier alpha value is -2.76. The van der Waals surface area contributed by atoms with E-state index in [1.54, 1.807) is 26.0 Å². The van der Waals surface area contributed by atoms with Gasteiger partial charge in [0.05, 0.1) is 50.0 Å². The zero-order valence-electron chi connectivity index (χ0n) is 18.4. The number of rotatable bonds is 5. The summed E-state index contributed by atoms with van der Waals surface area (Å²) in [5.74, 6) is -2.08. The first-order valence-electron chi connectivity index (χ1n) is 10.2. The molecule has 3 aromatic heterocycles. The van der Waals surface area contributed by atoms with E-state index in [-0.39, 0.29) is 32.9 Å². The molecule has 1 unspecified atom stereocenters. The van der Waals surface area contributed by atoms with Gasteiger partial charge in [-0.3, -0.25) is 15.0 Å². The summed E-state index contributed by atoms with van der Waals surface area (Å²) in [7, 11) is -0.441. The molecule has 4 rings (SSSR count). The van der Waals surface area contributed by atoms with Crippen LogP contribution in [-0.4, -0.2) is 28.3 Å². The first-order valence-corrected chi connectivity index (χ1v) is 12.8. The number of pyridine rings is 3. The van der Waals surface area contributed by atoms with Crippen LogP contribution in [0, 0.1) is 24.4 Å². The van der Waals surface area contributed by atoms with E-state index in [0.29, 0.717) is 11.3 Å². The Morgan fingerprint density at radius 2 is 1.82 bits per heavy atom. The quantitative estimate of drug-likeness (QED) is 0.321. The van der Waals surface area contributed by atoms with Crippen LogP contribution >= 0.6 is 19.5 Å². The fourth-order valence-electron chi connectivity index (χ4n) is 3.65. The molecule has 0 saturated heterocycles. The number of hydrogen-bond acceptors (Lipinski definition) is 4. The Labute approximate surface area is 196 Å². The van der Waals surface area contributed by atoms with Gasteiger partial charge in [0.15, 0.2) is 0 Å². The van der Waals surface area contributed by atoms with Gasteiger partial charge in [-0.05, 0) is 45.4 Å². The molecule has 33 heavy (non-hydrogen) atoms. The lowest BCUT2D eigenvalue weighted by atomic mass is 10.0. The summed E-state index contributed by atoms with van der Waals surface area (Å²) in [6.45, 7) is 7.42. The molecule has 0 radical (unpaired) electrons. The van der Waals surface area contributed by atoms with E-state index in [1.165, 1.54) is 30.6 Å². The minimum Gasteiger partial charge on any atom is -0.375 e. The Balaban J connectivity index is 1.90. The molecule has 0 aliphatic heterocycles. The molecule has 0 spiro atoms. The molecule has 170 valence electrons. The molecule has 0 fully saturated rings. The molecule has 1 atom stereocenters. The van der Waals surface area contributed by atoms with Crippen LogP contribution in [0.5, 0.6) is 0 Å². The van der Waals surface area contributed by atoms with Gasteiger partial charge in [0.1, 0.15) is 17.5 Å². The number of aryl methyl sites for hydroxylation is 1. The first-order chi connectivity index (χ1) is 15.7. The van der Waals surface area contributed by atoms with Crippen molar-refractivity contribution in [3.8, 4) is 11.1 Å². The summed E-state index contributed by atoms with van der Waals surface area (Å²) in [5, 5.41) is 3.25. The zero-order valence-corrected chi connectivity index (χ0v) is 20.1. The summed E-state index contributed by atoms with van der Waals surface area (Å²) in [6, 6.07) is 6.74. The van der Waals surface area contributed by atoms with Gasteiger partial charge in [-0.15, -0.1) is 0 Å². The summed E-state index contributed by atoms with van der Waals surface area (Å²) < 4.78 is 45.2. The van der Waals surface area contributed by atoms with Crippen LogP contribution in [0.3, 0.4) is 0 Å². The molecular formula is C24H21ClF3N4P. The van der Waals surface area contributed by atoms with Crippen molar-refractivity contribution in [3.05, 3.63) is 76.6 Å². The second-order valence-corrected chi connectivity index (χ2v) is 10.5. The zero-order chi connectivity index (χ0) is 23.9. The Morgan fingerprint density at radius 3 is 2.45 bits per heavy atom. The van der Waals surface area contributed by atoms with Crippen molar-refractivity contribution < 1.29 is 13.2 Å². The number of benzene rings is 1. The average molecular weight is 489 g/mol. The largest absolute Gasteiger partial charge is 0.375 e. The molecule has 1 aromatic carbocycles. The van der Waals surface area contributed by atoms with Crippen molar-refractivity contribution in [3.63, 3.8) is 0 Å². The standard InChI is InChI=1S/C24H21ClF3N4P/c1-12-21(25)24(32-13(2)23-15(26)6-5-9-29-23)20-17(31-12)10-16(27)19(22(20)28)14-7-8-18(30-11-14)33(3)4/h5-11,13H,1-4H3,(H,31,32). The third kappa shape index (κ3) is 4.40. The van der Waals surface area contributed by atoms with Crippen molar-refractivity contribution >= 4 is 41.5 Å². The summed E-state index contributed by atoms with van der Waals surface area (Å²) in [6.07, 6.45) is 2.94. The molecule has 9 heteroatoms. The summed E-state index contributed by atoms with van der Waals surface area (Å²) in [4.78, 5) is 12.7. The molecule has 4 aromatic rings. The predicted molar refractivity (Wildman–Crippen MR) is 129 cm³/mol. The minimum atomic E-state index is -0.819. The van der Waals surface area contributed by atoms with Gasteiger partial charge >= 0.3 is 0 Å². The van der Waals surface area contributed by atoms with E-state index < -0.39 is 31.4 Å². The van der Waals surface area contributed by atoms with Gasteiger partial charge in [-0.2, -0.15) is 0 Å². The molecule has 0 saturated carbocycles. The van der Waals surface area contributed by atoms with E-state index >= 15 is 8.78 Å². The van der Waals surface area contributed by atoms with Crippen LogP contribution in [0.2, 0.25) is 5.02 Å². The molecule has 3 heterocycles. The highest BCUT2D eigenvalue weighted by molar-refractivity contribution is 7.63. The van der Waals surface area contributed by atoms with Crippen LogP contribution in [0.4, 0.5) is 18.9 Å². The third-order valence-corrected chi connectivity index (χ3v) is 6.97. The number of fused-ring (bicyclic) bond motifs is 1. The maximum atomic E-state index is 15.9. The molecular weight excluding hydrogens is 468 g/mol. The normalized spacial score (nSPS) is 12.4. The maximum Gasteiger partial charge on any atom is 0.146 e. The average Bonchev–Trinajstić information content (AvgIpc) is 2.77. The van der Waals surface area contributed by atoms with Crippen LogP contribution in [0.15, 0.2) is 42.7 Å². The molecule has 1 N–H and O–H groups in total. The van der Waals surface area contributed by atoms with Crippen molar-refractivity contribution in [2.24, 2.45) is 0 Å². The van der Waals surface area contributed by atoms with E-state index in [1.807, 2.05) is 13.3 Å². The number of aromatic nitrogens is 3. The highest BCUT2D eigenvalue weighted by Crippen LogP contribution is 2.40.